The lowest BCUT2D eigenvalue weighted by Gasteiger charge is -2.30. The molecule has 3 rings (SSSR count). The molecule has 1 saturated heterocycles. The van der Waals surface area contributed by atoms with E-state index < -0.39 is 0 Å². The van der Waals surface area contributed by atoms with Gasteiger partial charge in [-0.05, 0) is 31.1 Å². The fourth-order valence-electron chi connectivity index (χ4n) is 3.83. The fraction of sp³-hybridized carbons (Fsp3) is 0.765. The first-order valence-corrected chi connectivity index (χ1v) is 9.17. The van der Waals surface area contributed by atoms with Gasteiger partial charge in [0.2, 0.25) is 0 Å². The minimum Gasteiger partial charge on any atom is -0.346 e. The number of rotatable bonds is 6. The number of carbonyl (C=O) groups excluding carboxylic acids is 1. The molecular formula is C17H27ClN4O. The lowest BCUT2D eigenvalue weighted by molar-refractivity contribution is 0.0923. The van der Waals surface area contributed by atoms with Crippen molar-refractivity contribution in [2.24, 2.45) is 18.9 Å². The van der Waals surface area contributed by atoms with Crippen LogP contribution in [-0.2, 0) is 7.05 Å². The quantitative estimate of drug-likeness (QED) is 0.867. The highest BCUT2D eigenvalue weighted by molar-refractivity contribution is 6.33. The molecule has 2 fully saturated rings. The molecule has 6 heteroatoms. The smallest absolute Gasteiger partial charge is 0.273 e. The van der Waals surface area contributed by atoms with Crippen molar-refractivity contribution in [3.63, 3.8) is 0 Å². The zero-order chi connectivity index (χ0) is 16.4. The van der Waals surface area contributed by atoms with Crippen LogP contribution in [-0.4, -0.2) is 46.3 Å². The molecule has 0 spiro atoms. The number of halogens is 1. The summed E-state index contributed by atoms with van der Waals surface area (Å²) in [7, 11) is 1.78. The number of amides is 1. The first kappa shape index (κ1) is 16.8. The van der Waals surface area contributed by atoms with E-state index in [1.54, 1.807) is 17.9 Å². The first-order valence-electron chi connectivity index (χ1n) is 8.79. The molecule has 1 aromatic rings. The van der Waals surface area contributed by atoms with E-state index in [0.717, 1.165) is 31.8 Å². The molecule has 1 aromatic heterocycles. The van der Waals surface area contributed by atoms with Crippen molar-refractivity contribution in [1.29, 1.82) is 0 Å². The second-order valence-electron chi connectivity index (χ2n) is 7.14. The van der Waals surface area contributed by atoms with Gasteiger partial charge in [-0.2, -0.15) is 5.10 Å². The summed E-state index contributed by atoms with van der Waals surface area (Å²) in [6, 6.07) is 0.209. The van der Waals surface area contributed by atoms with Crippen LogP contribution in [0.25, 0.3) is 0 Å². The molecule has 1 N–H and O–H groups in total. The first-order chi connectivity index (χ1) is 11.1. The monoisotopic (exact) mass is 338 g/mol. The third-order valence-corrected chi connectivity index (χ3v) is 5.51. The van der Waals surface area contributed by atoms with Crippen molar-refractivity contribution >= 4 is 17.5 Å². The van der Waals surface area contributed by atoms with E-state index in [9.17, 15) is 4.79 Å². The molecule has 128 valence electrons. The van der Waals surface area contributed by atoms with E-state index >= 15 is 0 Å². The molecule has 2 heterocycles. The Balaban J connectivity index is 1.61. The standard InChI is InChI=1S/C17H27ClN4O/c1-3-5-13-9-22(8-12-6-4-7-12)11-15(13)19-17(23)16-14(18)10-21(2)20-16/h10,12-13,15H,3-9,11H2,1-2H3,(H,19,23)/t13-,15-/m0/s1. The Morgan fingerprint density at radius 3 is 2.78 bits per heavy atom. The summed E-state index contributed by atoms with van der Waals surface area (Å²) in [5.41, 5.74) is 0.335. The highest BCUT2D eigenvalue weighted by Gasteiger charge is 2.35. The number of hydrogen-bond donors (Lipinski definition) is 1. The van der Waals surface area contributed by atoms with E-state index in [4.69, 9.17) is 11.6 Å². The highest BCUT2D eigenvalue weighted by Crippen LogP contribution is 2.30. The average Bonchev–Trinajstić information content (AvgIpc) is 2.98. The van der Waals surface area contributed by atoms with Crippen molar-refractivity contribution in [1.82, 2.24) is 20.0 Å². The predicted molar refractivity (Wildman–Crippen MR) is 91.7 cm³/mol. The number of hydrogen-bond acceptors (Lipinski definition) is 3. The summed E-state index contributed by atoms with van der Waals surface area (Å²) in [6.45, 7) is 5.46. The molecule has 0 bridgehead atoms. The van der Waals surface area contributed by atoms with Crippen LogP contribution in [0.2, 0.25) is 5.02 Å². The largest absolute Gasteiger partial charge is 0.346 e. The zero-order valence-corrected chi connectivity index (χ0v) is 14.9. The number of aryl methyl sites for hydroxylation is 1. The Morgan fingerprint density at radius 2 is 2.22 bits per heavy atom. The van der Waals surface area contributed by atoms with Gasteiger partial charge in [0.1, 0.15) is 0 Å². The summed E-state index contributed by atoms with van der Waals surface area (Å²) in [5, 5.41) is 7.77. The molecule has 1 amide bonds. The van der Waals surface area contributed by atoms with Crippen LogP contribution in [0.5, 0.6) is 0 Å². The summed E-state index contributed by atoms with van der Waals surface area (Å²) >= 11 is 6.09. The maximum absolute atomic E-state index is 12.5. The highest BCUT2D eigenvalue weighted by atomic mass is 35.5. The zero-order valence-electron chi connectivity index (χ0n) is 14.1. The van der Waals surface area contributed by atoms with Gasteiger partial charge in [0.25, 0.3) is 5.91 Å². The van der Waals surface area contributed by atoms with Crippen LogP contribution < -0.4 is 5.32 Å². The van der Waals surface area contributed by atoms with Gasteiger partial charge in [0, 0.05) is 38.9 Å². The van der Waals surface area contributed by atoms with Crippen LogP contribution in [0.15, 0.2) is 6.20 Å². The molecule has 5 nitrogen and oxygen atoms in total. The maximum Gasteiger partial charge on any atom is 0.273 e. The van der Waals surface area contributed by atoms with Crippen LogP contribution in [0.1, 0.15) is 49.5 Å². The molecule has 23 heavy (non-hydrogen) atoms. The van der Waals surface area contributed by atoms with E-state index in [1.165, 1.54) is 25.8 Å². The number of aromatic nitrogens is 2. The molecule has 2 atom stereocenters. The summed E-state index contributed by atoms with van der Waals surface area (Å²) in [6.07, 6.45) is 8.10. The third kappa shape index (κ3) is 3.89. The van der Waals surface area contributed by atoms with Gasteiger partial charge in [0.05, 0.1) is 5.02 Å². The third-order valence-electron chi connectivity index (χ3n) is 5.23. The number of nitrogens with zero attached hydrogens (tertiary/aromatic N) is 3. The topological polar surface area (TPSA) is 50.2 Å². The molecule has 1 saturated carbocycles. The Labute approximate surface area is 143 Å². The van der Waals surface area contributed by atoms with Gasteiger partial charge < -0.3 is 10.2 Å². The van der Waals surface area contributed by atoms with Crippen LogP contribution in [0.3, 0.4) is 0 Å². The predicted octanol–water partition coefficient (Wildman–Crippen LogP) is 2.70. The molecule has 2 aliphatic rings. The van der Waals surface area contributed by atoms with E-state index in [2.05, 4.69) is 22.2 Å². The van der Waals surface area contributed by atoms with Gasteiger partial charge >= 0.3 is 0 Å². The Kier molecular flexibility index (Phi) is 5.27. The second kappa shape index (κ2) is 7.22. The SMILES string of the molecule is CCC[C@H]1CN(CC2CCC2)C[C@@H]1NC(=O)c1nn(C)cc1Cl. The molecule has 0 radical (unpaired) electrons. The summed E-state index contributed by atoms with van der Waals surface area (Å²) in [5.74, 6) is 1.26. The Hall–Kier alpha value is -1.07. The summed E-state index contributed by atoms with van der Waals surface area (Å²) < 4.78 is 1.58. The summed E-state index contributed by atoms with van der Waals surface area (Å²) in [4.78, 5) is 15.0. The van der Waals surface area contributed by atoms with E-state index in [1.807, 2.05) is 0 Å². The van der Waals surface area contributed by atoms with Gasteiger partial charge in [0.15, 0.2) is 5.69 Å². The Bertz CT molecular complexity index is 555. The molecule has 0 aromatic carbocycles. The average molecular weight is 339 g/mol. The van der Waals surface area contributed by atoms with Crippen LogP contribution in [0, 0.1) is 11.8 Å². The minimum absolute atomic E-state index is 0.146. The Morgan fingerprint density at radius 1 is 1.43 bits per heavy atom. The molecule has 1 aliphatic heterocycles. The normalized spacial score (nSPS) is 25.5. The fourth-order valence-corrected chi connectivity index (χ4v) is 4.09. The number of nitrogens with one attached hydrogen (secondary N) is 1. The lowest BCUT2D eigenvalue weighted by Crippen LogP contribution is -2.41. The van der Waals surface area contributed by atoms with E-state index in [-0.39, 0.29) is 11.9 Å². The minimum atomic E-state index is -0.146. The molecular weight excluding hydrogens is 312 g/mol. The van der Waals surface area contributed by atoms with Crippen molar-refractivity contribution < 1.29 is 4.79 Å². The van der Waals surface area contributed by atoms with Crippen molar-refractivity contribution in [3.8, 4) is 0 Å². The molecule has 0 unspecified atom stereocenters. The van der Waals surface area contributed by atoms with Gasteiger partial charge in [-0.1, -0.05) is 31.4 Å². The van der Waals surface area contributed by atoms with Crippen LogP contribution >= 0.6 is 11.6 Å². The van der Waals surface area contributed by atoms with Gasteiger partial charge in [-0.15, -0.1) is 0 Å². The number of carbonyl (C=O) groups is 1. The maximum atomic E-state index is 12.5. The van der Waals surface area contributed by atoms with Gasteiger partial charge in [-0.25, -0.2) is 0 Å². The van der Waals surface area contributed by atoms with Crippen molar-refractivity contribution in [2.45, 2.75) is 45.1 Å². The van der Waals surface area contributed by atoms with E-state index in [0.29, 0.717) is 16.6 Å². The second-order valence-corrected chi connectivity index (χ2v) is 7.55. The molecule has 1 aliphatic carbocycles. The van der Waals surface area contributed by atoms with Gasteiger partial charge in [-0.3, -0.25) is 9.48 Å². The van der Waals surface area contributed by atoms with Crippen LogP contribution in [0.4, 0.5) is 0 Å². The number of likely N-dealkylation sites (tertiary alicyclic amines) is 1. The lowest BCUT2D eigenvalue weighted by atomic mass is 9.85. The van der Waals surface area contributed by atoms with Crippen molar-refractivity contribution in [3.05, 3.63) is 16.9 Å². The van der Waals surface area contributed by atoms with Crippen molar-refractivity contribution in [2.75, 3.05) is 19.6 Å².